The van der Waals surface area contributed by atoms with Crippen LogP contribution in [0, 0.1) is 13.8 Å². The molecule has 0 aliphatic carbocycles. The molecule has 0 unspecified atom stereocenters. The number of nitrogens with one attached hydrogen (secondary N) is 1. The fraction of sp³-hybridized carbons (Fsp3) is 0.400. The Kier molecular flexibility index (Phi) is 5.07. The lowest BCUT2D eigenvalue weighted by molar-refractivity contribution is -0.137. The molecule has 0 radical (unpaired) electrons. The molecule has 120 valence electrons. The van der Waals surface area contributed by atoms with E-state index in [1.807, 2.05) is 13.8 Å². The van der Waals surface area contributed by atoms with Crippen molar-refractivity contribution in [2.24, 2.45) is 0 Å². The first-order chi connectivity index (χ1) is 10.4. The average molecular weight is 314 g/mol. The molecule has 0 aliphatic heterocycles. The zero-order valence-corrected chi connectivity index (χ0v) is 12.3. The lowest BCUT2D eigenvalue weighted by Crippen LogP contribution is -2.21. The molecule has 0 amide bonds. The highest BCUT2D eigenvalue weighted by molar-refractivity contribution is 5.28. The molecule has 0 fully saturated rings. The standard InChI is InChI=1S/C15H17F3N2O2/c1-10-14(11(2)22-20-10)9-19-7-8-21-13-5-3-12(4-6-13)15(16,17)18/h3-6,19H,7-9H2,1-2H3. The summed E-state index contributed by atoms with van der Waals surface area (Å²) in [5.41, 5.74) is 1.17. The number of alkyl halides is 3. The van der Waals surface area contributed by atoms with Crippen LogP contribution < -0.4 is 10.1 Å². The van der Waals surface area contributed by atoms with E-state index in [1.165, 1.54) is 12.1 Å². The van der Waals surface area contributed by atoms with Crippen molar-refractivity contribution < 1.29 is 22.4 Å². The molecule has 4 nitrogen and oxygen atoms in total. The van der Waals surface area contributed by atoms with Gasteiger partial charge in [0.2, 0.25) is 0 Å². The van der Waals surface area contributed by atoms with Crippen LogP contribution in [0.5, 0.6) is 5.75 Å². The topological polar surface area (TPSA) is 47.3 Å². The smallest absolute Gasteiger partial charge is 0.416 e. The number of benzene rings is 1. The van der Waals surface area contributed by atoms with Crippen LogP contribution in [0.1, 0.15) is 22.6 Å². The van der Waals surface area contributed by atoms with Gasteiger partial charge in [-0.1, -0.05) is 5.16 Å². The Morgan fingerprint density at radius 2 is 1.86 bits per heavy atom. The molecule has 7 heteroatoms. The van der Waals surface area contributed by atoms with Crippen molar-refractivity contribution in [1.29, 1.82) is 0 Å². The van der Waals surface area contributed by atoms with E-state index in [0.717, 1.165) is 29.2 Å². The van der Waals surface area contributed by atoms with E-state index in [2.05, 4.69) is 10.5 Å². The molecule has 0 bridgehead atoms. The van der Waals surface area contributed by atoms with Crippen LogP contribution in [0.15, 0.2) is 28.8 Å². The Morgan fingerprint density at radius 3 is 2.41 bits per heavy atom. The van der Waals surface area contributed by atoms with Gasteiger partial charge in [-0.25, -0.2) is 0 Å². The number of aromatic nitrogens is 1. The first kappa shape index (κ1) is 16.4. The Morgan fingerprint density at radius 1 is 1.18 bits per heavy atom. The second-order valence-corrected chi connectivity index (χ2v) is 4.85. The molecule has 0 aliphatic rings. The van der Waals surface area contributed by atoms with E-state index < -0.39 is 11.7 Å². The average Bonchev–Trinajstić information content (AvgIpc) is 2.78. The third-order valence-electron chi connectivity index (χ3n) is 3.21. The van der Waals surface area contributed by atoms with Gasteiger partial charge < -0.3 is 14.6 Å². The maximum atomic E-state index is 12.4. The minimum Gasteiger partial charge on any atom is -0.492 e. The van der Waals surface area contributed by atoms with Crippen LogP contribution in [0.3, 0.4) is 0 Å². The summed E-state index contributed by atoms with van der Waals surface area (Å²) in [6.45, 7) is 5.24. The van der Waals surface area contributed by atoms with E-state index in [9.17, 15) is 13.2 Å². The molecular weight excluding hydrogens is 297 g/mol. The third kappa shape index (κ3) is 4.24. The highest BCUT2D eigenvalue weighted by Crippen LogP contribution is 2.30. The van der Waals surface area contributed by atoms with Gasteiger partial charge in [-0.3, -0.25) is 0 Å². The quantitative estimate of drug-likeness (QED) is 0.829. The van der Waals surface area contributed by atoms with E-state index in [1.54, 1.807) is 0 Å². The highest BCUT2D eigenvalue weighted by Gasteiger charge is 2.29. The van der Waals surface area contributed by atoms with Crippen LogP contribution in [0.25, 0.3) is 0 Å². The van der Waals surface area contributed by atoms with Gasteiger partial charge >= 0.3 is 6.18 Å². The zero-order valence-electron chi connectivity index (χ0n) is 12.3. The Hall–Kier alpha value is -2.02. The molecule has 0 atom stereocenters. The predicted molar refractivity (Wildman–Crippen MR) is 74.6 cm³/mol. The highest BCUT2D eigenvalue weighted by atomic mass is 19.4. The van der Waals surface area contributed by atoms with Crippen molar-refractivity contribution in [3.05, 3.63) is 46.8 Å². The fourth-order valence-corrected chi connectivity index (χ4v) is 1.95. The second kappa shape index (κ2) is 6.83. The monoisotopic (exact) mass is 314 g/mol. The number of ether oxygens (including phenoxy) is 1. The number of nitrogens with zero attached hydrogens (tertiary/aromatic N) is 1. The summed E-state index contributed by atoms with van der Waals surface area (Å²) in [4.78, 5) is 0. The van der Waals surface area contributed by atoms with Gasteiger partial charge in [0.15, 0.2) is 0 Å². The number of aryl methyl sites for hydroxylation is 2. The zero-order chi connectivity index (χ0) is 16.2. The van der Waals surface area contributed by atoms with Gasteiger partial charge in [0, 0.05) is 18.7 Å². The summed E-state index contributed by atoms with van der Waals surface area (Å²) in [5, 5.41) is 7.02. The van der Waals surface area contributed by atoms with Gasteiger partial charge in [-0.05, 0) is 38.1 Å². The molecule has 2 rings (SSSR count). The molecular formula is C15H17F3N2O2. The molecule has 1 heterocycles. The lowest BCUT2D eigenvalue weighted by atomic mass is 10.2. The van der Waals surface area contributed by atoms with Crippen LogP contribution in [-0.4, -0.2) is 18.3 Å². The fourth-order valence-electron chi connectivity index (χ4n) is 1.95. The Bertz CT molecular complexity index is 587. The summed E-state index contributed by atoms with van der Waals surface area (Å²) >= 11 is 0. The van der Waals surface area contributed by atoms with E-state index >= 15 is 0 Å². The summed E-state index contributed by atoms with van der Waals surface area (Å²) in [5.74, 6) is 1.18. The first-order valence-corrected chi connectivity index (χ1v) is 6.80. The first-order valence-electron chi connectivity index (χ1n) is 6.80. The minimum absolute atomic E-state index is 0.356. The number of hydrogen-bond acceptors (Lipinski definition) is 4. The second-order valence-electron chi connectivity index (χ2n) is 4.85. The van der Waals surface area contributed by atoms with Crippen LogP contribution in [-0.2, 0) is 12.7 Å². The predicted octanol–water partition coefficient (Wildman–Crippen LogP) is 3.48. The van der Waals surface area contributed by atoms with E-state index in [-0.39, 0.29) is 0 Å². The maximum Gasteiger partial charge on any atom is 0.416 e. The molecule has 2 aromatic rings. The number of halogens is 3. The van der Waals surface area contributed by atoms with Crippen molar-refractivity contribution in [2.45, 2.75) is 26.6 Å². The molecule has 1 aromatic heterocycles. The third-order valence-corrected chi connectivity index (χ3v) is 3.21. The number of hydrogen-bond donors (Lipinski definition) is 1. The van der Waals surface area contributed by atoms with Gasteiger partial charge in [0.1, 0.15) is 18.1 Å². The van der Waals surface area contributed by atoms with Crippen LogP contribution in [0.2, 0.25) is 0 Å². The molecule has 1 aromatic carbocycles. The lowest BCUT2D eigenvalue weighted by Gasteiger charge is -2.09. The molecule has 22 heavy (non-hydrogen) atoms. The van der Waals surface area contributed by atoms with Gasteiger partial charge in [0.05, 0.1) is 11.3 Å². The molecule has 0 saturated carbocycles. The van der Waals surface area contributed by atoms with E-state index in [4.69, 9.17) is 9.26 Å². The van der Waals surface area contributed by atoms with Crippen molar-refractivity contribution in [2.75, 3.05) is 13.2 Å². The summed E-state index contributed by atoms with van der Waals surface area (Å²) in [7, 11) is 0. The Balaban J connectivity index is 1.73. The van der Waals surface area contributed by atoms with Crippen molar-refractivity contribution in [3.8, 4) is 5.75 Å². The number of rotatable bonds is 6. The SMILES string of the molecule is Cc1noc(C)c1CNCCOc1ccc(C(F)(F)F)cc1. The summed E-state index contributed by atoms with van der Waals surface area (Å²) < 4.78 is 47.7. The van der Waals surface area contributed by atoms with E-state index in [0.29, 0.717) is 25.4 Å². The van der Waals surface area contributed by atoms with Crippen LogP contribution in [0.4, 0.5) is 13.2 Å². The Labute approximate surface area is 126 Å². The normalized spacial score (nSPS) is 11.7. The summed E-state index contributed by atoms with van der Waals surface area (Å²) in [6, 6.07) is 4.65. The molecule has 1 N–H and O–H groups in total. The maximum absolute atomic E-state index is 12.4. The van der Waals surface area contributed by atoms with Crippen molar-refractivity contribution in [3.63, 3.8) is 0 Å². The minimum atomic E-state index is -4.32. The van der Waals surface area contributed by atoms with Crippen molar-refractivity contribution >= 4 is 0 Å². The molecule has 0 saturated heterocycles. The molecule has 0 spiro atoms. The van der Waals surface area contributed by atoms with Gasteiger partial charge in [0.25, 0.3) is 0 Å². The van der Waals surface area contributed by atoms with Crippen molar-refractivity contribution in [1.82, 2.24) is 10.5 Å². The van der Waals surface area contributed by atoms with Gasteiger partial charge in [-0.15, -0.1) is 0 Å². The summed E-state index contributed by atoms with van der Waals surface area (Å²) in [6.07, 6.45) is -4.32. The van der Waals surface area contributed by atoms with Crippen LogP contribution >= 0.6 is 0 Å². The van der Waals surface area contributed by atoms with Gasteiger partial charge in [-0.2, -0.15) is 13.2 Å². The largest absolute Gasteiger partial charge is 0.492 e.